The Hall–Kier alpha value is -0.120. The van der Waals surface area contributed by atoms with Crippen molar-refractivity contribution in [1.29, 1.82) is 0 Å². The van der Waals surface area contributed by atoms with Crippen LogP contribution in [0.25, 0.3) is 0 Å². The second kappa shape index (κ2) is 7.30. The van der Waals surface area contributed by atoms with E-state index in [2.05, 4.69) is 12.2 Å². The van der Waals surface area contributed by atoms with Gasteiger partial charge in [-0.15, -0.1) is 0 Å². The van der Waals surface area contributed by atoms with Gasteiger partial charge >= 0.3 is 0 Å². The van der Waals surface area contributed by atoms with E-state index < -0.39 is 0 Å². The van der Waals surface area contributed by atoms with Crippen molar-refractivity contribution >= 4 is 0 Å². The normalized spacial score (nSPS) is 22.4. The molecule has 0 saturated carbocycles. The number of ether oxygens (including phenoxy) is 2. The zero-order valence-corrected chi connectivity index (χ0v) is 8.55. The van der Waals surface area contributed by atoms with E-state index in [0.717, 1.165) is 39.4 Å². The summed E-state index contributed by atoms with van der Waals surface area (Å²) in [6.07, 6.45) is 3.64. The van der Waals surface area contributed by atoms with E-state index in [1.807, 2.05) is 0 Å². The van der Waals surface area contributed by atoms with E-state index in [4.69, 9.17) is 9.47 Å². The minimum absolute atomic E-state index is 0.589. The van der Waals surface area contributed by atoms with Crippen LogP contribution in [0.2, 0.25) is 0 Å². The van der Waals surface area contributed by atoms with Crippen LogP contribution in [0.3, 0.4) is 0 Å². The molecule has 0 amide bonds. The molecule has 3 heteroatoms. The van der Waals surface area contributed by atoms with E-state index in [0.29, 0.717) is 6.04 Å². The minimum Gasteiger partial charge on any atom is -0.379 e. The second-order valence-electron chi connectivity index (χ2n) is 3.48. The van der Waals surface area contributed by atoms with Crippen LogP contribution in [0.5, 0.6) is 0 Å². The molecule has 1 atom stereocenters. The van der Waals surface area contributed by atoms with Gasteiger partial charge in [0.05, 0.1) is 19.8 Å². The largest absolute Gasteiger partial charge is 0.379 e. The summed E-state index contributed by atoms with van der Waals surface area (Å²) in [4.78, 5) is 0. The lowest BCUT2D eigenvalue weighted by Gasteiger charge is -2.10. The Labute approximate surface area is 80.8 Å². The molecule has 1 fully saturated rings. The molecule has 3 nitrogen and oxygen atoms in total. The van der Waals surface area contributed by atoms with Crippen LogP contribution in [-0.2, 0) is 9.47 Å². The smallest absolute Gasteiger partial charge is 0.0701 e. The standard InChI is InChI=1S/C10H21NO2/c1-2-6-12-7-8-13-9-10-4-3-5-11-10/h10-11H,2-9H2,1H3/t10-/m0/s1. The van der Waals surface area contributed by atoms with Crippen molar-refractivity contribution in [2.45, 2.75) is 32.2 Å². The first-order chi connectivity index (χ1) is 6.43. The van der Waals surface area contributed by atoms with Gasteiger partial charge in [-0.05, 0) is 25.8 Å². The number of hydrogen-bond donors (Lipinski definition) is 1. The van der Waals surface area contributed by atoms with Gasteiger partial charge in [-0.2, -0.15) is 0 Å². The fraction of sp³-hybridized carbons (Fsp3) is 1.00. The summed E-state index contributed by atoms with van der Waals surface area (Å²) in [7, 11) is 0. The van der Waals surface area contributed by atoms with Gasteiger partial charge in [0.2, 0.25) is 0 Å². The molecule has 0 aromatic heterocycles. The fourth-order valence-corrected chi connectivity index (χ4v) is 1.49. The molecule has 1 rings (SSSR count). The molecule has 1 N–H and O–H groups in total. The molecule has 1 aliphatic rings. The lowest BCUT2D eigenvalue weighted by Crippen LogP contribution is -2.27. The molecule has 0 aromatic carbocycles. The lowest BCUT2D eigenvalue weighted by molar-refractivity contribution is 0.0412. The quantitative estimate of drug-likeness (QED) is 0.607. The molecule has 0 aromatic rings. The van der Waals surface area contributed by atoms with Gasteiger partial charge < -0.3 is 14.8 Å². The van der Waals surface area contributed by atoms with Crippen molar-refractivity contribution in [3.05, 3.63) is 0 Å². The molecule has 1 saturated heterocycles. The topological polar surface area (TPSA) is 30.5 Å². The Morgan fingerprint density at radius 3 is 2.77 bits per heavy atom. The molecule has 78 valence electrons. The minimum atomic E-state index is 0.589. The molecule has 0 unspecified atom stereocenters. The first-order valence-electron chi connectivity index (χ1n) is 5.32. The van der Waals surface area contributed by atoms with Crippen molar-refractivity contribution in [2.75, 3.05) is 33.0 Å². The Balaban J connectivity index is 1.78. The Morgan fingerprint density at radius 1 is 1.23 bits per heavy atom. The van der Waals surface area contributed by atoms with E-state index in [1.165, 1.54) is 12.8 Å². The van der Waals surface area contributed by atoms with Crippen molar-refractivity contribution in [3.8, 4) is 0 Å². The molecular weight excluding hydrogens is 166 g/mol. The van der Waals surface area contributed by atoms with Crippen molar-refractivity contribution in [2.24, 2.45) is 0 Å². The summed E-state index contributed by atoms with van der Waals surface area (Å²) in [5, 5.41) is 3.39. The van der Waals surface area contributed by atoms with Crippen molar-refractivity contribution in [3.63, 3.8) is 0 Å². The summed E-state index contributed by atoms with van der Waals surface area (Å²) in [6, 6.07) is 0.589. The molecule has 1 heterocycles. The molecule has 0 spiro atoms. The molecule has 0 radical (unpaired) electrons. The maximum atomic E-state index is 5.48. The highest BCUT2D eigenvalue weighted by Gasteiger charge is 2.13. The van der Waals surface area contributed by atoms with Crippen molar-refractivity contribution in [1.82, 2.24) is 5.32 Å². The van der Waals surface area contributed by atoms with Gasteiger partial charge in [-0.3, -0.25) is 0 Å². The SMILES string of the molecule is CCCOCCOC[C@@H]1CCCN1. The molecular formula is C10H21NO2. The highest BCUT2D eigenvalue weighted by atomic mass is 16.5. The summed E-state index contributed by atoms with van der Waals surface area (Å²) < 4.78 is 10.8. The third-order valence-electron chi connectivity index (χ3n) is 2.20. The van der Waals surface area contributed by atoms with Gasteiger partial charge in [0, 0.05) is 12.6 Å². The van der Waals surface area contributed by atoms with Crippen LogP contribution in [-0.4, -0.2) is 39.0 Å². The first kappa shape index (κ1) is 11.0. The molecule has 0 aliphatic carbocycles. The summed E-state index contributed by atoms with van der Waals surface area (Å²) in [5.74, 6) is 0. The maximum Gasteiger partial charge on any atom is 0.0701 e. The van der Waals surface area contributed by atoms with E-state index >= 15 is 0 Å². The Bertz CT molecular complexity index is 113. The zero-order valence-electron chi connectivity index (χ0n) is 8.55. The predicted octanol–water partition coefficient (Wildman–Crippen LogP) is 1.18. The Kier molecular flexibility index (Phi) is 6.15. The van der Waals surface area contributed by atoms with Crippen molar-refractivity contribution < 1.29 is 9.47 Å². The van der Waals surface area contributed by atoms with E-state index in [9.17, 15) is 0 Å². The third kappa shape index (κ3) is 5.24. The average molecular weight is 187 g/mol. The number of rotatable bonds is 7. The van der Waals surface area contributed by atoms with Crippen LogP contribution in [0.1, 0.15) is 26.2 Å². The summed E-state index contributed by atoms with van der Waals surface area (Å²) >= 11 is 0. The van der Waals surface area contributed by atoms with Gasteiger partial charge in [-0.25, -0.2) is 0 Å². The van der Waals surface area contributed by atoms with Gasteiger partial charge in [-0.1, -0.05) is 6.92 Å². The van der Waals surface area contributed by atoms with Crippen LogP contribution < -0.4 is 5.32 Å². The number of nitrogens with one attached hydrogen (secondary N) is 1. The first-order valence-corrected chi connectivity index (χ1v) is 5.32. The fourth-order valence-electron chi connectivity index (χ4n) is 1.49. The predicted molar refractivity (Wildman–Crippen MR) is 53.0 cm³/mol. The highest BCUT2D eigenvalue weighted by Crippen LogP contribution is 2.04. The van der Waals surface area contributed by atoms with Crippen LogP contribution in [0.4, 0.5) is 0 Å². The summed E-state index contributed by atoms with van der Waals surface area (Å²) in [5.41, 5.74) is 0. The van der Waals surface area contributed by atoms with E-state index in [-0.39, 0.29) is 0 Å². The molecule has 13 heavy (non-hydrogen) atoms. The average Bonchev–Trinajstić information content (AvgIpc) is 2.63. The lowest BCUT2D eigenvalue weighted by atomic mass is 10.2. The van der Waals surface area contributed by atoms with Gasteiger partial charge in [0.15, 0.2) is 0 Å². The van der Waals surface area contributed by atoms with Crippen LogP contribution in [0, 0.1) is 0 Å². The monoisotopic (exact) mass is 187 g/mol. The maximum absolute atomic E-state index is 5.48. The highest BCUT2D eigenvalue weighted by molar-refractivity contribution is 4.73. The van der Waals surface area contributed by atoms with Gasteiger partial charge in [0.1, 0.15) is 0 Å². The molecule has 0 bridgehead atoms. The third-order valence-corrected chi connectivity index (χ3v) is 2.20. The zero-order chi connectivity index (χ0) is 9.36. The van der Waals surface area contributed by atoms with Crippen LogP contribution in [0.15, 0.2) is 0 Å². The molecule has 1 aliphatic heterocycles. The second-order valence-corrected chi connectivity index (χ2v) is 3.48. The van der Waals surface area contributed by atoms with Gasteiger partial charge in [0.25, 0.3) is 0 Å². The van der Waals surface area contributed by atoms with E-state index in [1.54, 1.807) is 0 Å². The van der Waals surface area contributed by atoms with Crippen LogP contribution >= 0.6 is 0 Å². The Morgan fingerprint density at radius 2 is 2.08 bits per heavy atom. The number of hydrogen-bond acceptors (Lipinski definition) is 3. The summed E-state index contributed by atoms with van der Waals surface area (Å²) in [6.45, 7) is 6.43.